The van der Waals surface area contributed by atoms with E-state index in [1.54, 1.807) is 6.20 Å². The van der Waals surface area contributed by atoms with E-state index in [4.69, 9.17) is 4.74 Å². The molecule has 2 aliphatic heterocycles. The van der Waals surface area contributed by atoms with Gasteiger partial charge < -0.3 is 9.47 Å². The van der Waals surface area contributed by atoms with Crippen molar-refractivity contribution in [2.45, 2.75) is 57.1 Å². The molecule has 0 N–H and O–H groups in total. The first kappa shape index (κ1) is 26.0. The third-order valence-corrected chi connectivity index (χ3v) is 8.88. The van der Waals surface area contributed by atoms with Gasteiger partial charge in [0.1, 0.15) is 20.3 Å². The molecule has 1 fully saturated rings. The molecular formula is C21H27F3N4O5S2. The minimum Gasteiger partial charge on any atom is -0.465 e. The van der Waals surface area contributed by atoms with Crippen LogP contribution in [0.3, 0.4) is 0 Å². The number of fused-ring (bicyclic) bond motifs is 2. The quantitative estimate of drug-likeness (QED) is 0.519. The molecule has 9 nitrogen and oxygen atoms in total. The van der Waals surface area contributed by atoms with Crippen LogP contribution in [0.4, 0.5) is 13.2 Å². The lowest BCUT2D eigenvalue weighted by molar-refractivity contribution is -0.134. The van der Waals surface area contributed by atoms with Crippen molar-refractivity contribution in [3.05, 3.63) is 32.8 Å². The lowest BCUT2D eigenvalue weighted by Crippen LogP contribution is -2.50. The number of aryl methyl sites for hydroxylation is 1. The summed E-state index contributed by atoms with van der Waals surface area (Å²) < 4.78 is 76.4. The number of aromatic nitrogens is 3. The molecule has 0 aliphatic carbocycles. The van der Waals surface area contributed by atoms with E-state index in [1.165, 1.54) is 4.68 Å². The van der Waals surface area contributed by atoms with Crippen LogP contribution >= 0.6 is 11.3 Å². The molecular weight excluding hydrogens is 509 g/mol. The molecule has 2 atom stereocenters. The van der Waals surface area contributed by atoms with Gasteiger partial charge in [-0.2, -0.15) is 13.2 Å². The summed E-state index contributed by atoms with van der Waals surface area (Å²) in [4.78, 5) is 14.0. The Balaban J connectivity index is 1.53. The SMILES string of the molecule is COC(=O)c1c(C(F)(F)F)sc2c1CCO[C@@]21CCN(Cc2cn(CCS(C)(=O)=O)nn2)[C@@H](C)C1. The third kappa shape index (κ3) is 5.39. The Bertz CT molecular complexity index is 1210. The summed E-state index contributed by atoms with van der Waals surface area (Å²) in [5.41, 5.74) is -0.221. The Kier molecular flexibility index (Phi) is 7.03. The number of thiophene rings is 1. The van der Waals surface area contributed by atoms with Gasteiger partial charge in [-0.05, 0) is 31.7 Å². The molecule has 0 amide bonds. The van der Waals surface area contributed by atoms with Crippen LogP contribution in [-0.4, -0.2) is 72.6 Å². The number of hydrogen-bond donors (Lipinski definition) is 0. The molecule has 2 aromatic heterocycles. The Hall–Kier alpha value is -2.03. The van der Waals surface area contributed by atoms with E-state index in [9.17, 15) is 26.4 Å². The molecule has 1 spiro atoms. The van der Waals surface area contributed by atoms with Crippen LogP contribution in [0.25, 0.3) is 0 Å². The zero-order valence-electron chi connectivity index (χ0n) is 19.6. The second kappa shape index (κ2) is 9.45. The number of likely N-dealkylation sites (tertiary alicyclic amines) is 1. The van der Waals surface area contributed by atoms with Crippen molar-refractivity contribution in [2.24, 2.45) is 0 Å². The van der Waals surface area contributed by atoms with E-state index in [0.29, 0.717) is 53.4 Å². The zero-order chi connectivity index (χ0) is 25.6. The predicted molar refractivity (Wildman–Crippen MR) is 121 cm³/mol. The smallest absolute Gasteiger partial charge is 0.426 e. The summed E-state index contributed by atoms with van der Waals surface area (Å²) in [5.74, 6) is -1.01. The van der Waals surface area contributed by atoms with Gasteiger partial charge in [0.05, 0.1) is 37.3 Å². The lowest BCUT2D eigenvalue weighted by Gasteiger charge is -2.47. The van der Waals surface area contributed by atoms with Gasteiger partial charge in [-0.15, -0.1) is 16.4 Å². The van der Waals surface area contributed by atoms with Crippen molar-refractivity contribution >= 4 is 27.1 Å². The molecule has 2 aliphatic rings. The second-order valence-corrected chi connectivity index (χ2v) is 12.4. The largest absolute Gasteiger partial charge is 0.465 e. The van der Waals surface area contributed by atoms with Gasteiger partial charge in [-0.1, -0.05) is 5.21 Å². The van der Waals surface area contributed by atoms with Crippen molar-refractivity contribution in [3.8, 4) is 0 Å². The number of rotatable bonds is 6. The van der Waals surface area contributed by atoms with Gasteiger partial charge in [0.15, 0.2) is 0 Å². The molecule has 2 aromatic rings. The maximum Gasteiger partial charge on any atom is 0.426 e. The van der Waals surface area contributed by atoms with Crippen LogP contribution in [0.2, 0.25) is 0 Å². The maximum atomic E-state index is 13.8. The molecule has 14 heteroatoms. The maximum absolute atomic E-state index is 13.8. The van der Waals surface area contributed by atoms with E-state index in [0.717, 1.165) is 13.4 Å². The topological polar surface area (TPSA) is 104 Å². The minimum atomic E-state index is -4.66. The van der Waals surface area contributed by atoms with Crippen LogP contribution in [0.15, 0.2) is 6.20 Å². The van der Waals surface area contributed by atoms with Crippen LogP contribution in [0, 0.1) is 0 Å². The predicted octanol–water partition coefficient (Wildman–Crippen LogP) is 2.64. The Morgan fingerprint density at radius 3 is 2.77 bits per heavy atom. The van der Waals surface area contributed by atoms with E-state index in [-0.39, 0.29) is 36.9 Å². The number of alkyl halides is 3. The fraction of sp³-hybridized carbons (Fsp3) is 0.667. The zero-order valence-corrected chi connectivity index (χ0v) is 21.2. The first-order chi connectivity index (χ1) is 16.3. The second-order valence-electron chi connectivity index (χ2n) is 9.07. The summed E-state index contributed by atoms with van der Waals surface area (Å²) in [6.07, 6.45) is -0.653. The van der Waals surface area contributed by atoms with Crippen LogP contribution < -0.4 is 0 Å². The van der Waals surface area contributed by atoms with Gasteiger partial charge >= 0.3 is 12.1 Å². The summed E-state index contributed by atoms with van der Waals surface area (Å²) in [5, 5.41) is 8.11. The van der Waals surface area contributed by atoms with Crippen LogP contribution in [0.1, 0.15) is 51.1 Å². The molecule has 0 radical (unpaired) electrons. The highest BCUT2D eigenvalue weighted by Gasteiger charge is 2.50. The van der Waals surface area contributed by atoms with Gasteiger partial charge in [-0.25, -0.2) is 13.2 Å². The Labute approximate surface area is 205 Å². The van der Waals surface area contributed by atoms with Gasteiger partial charge in [0.25, 0.3) is 0 Å². The van der Waals surface area contributed by atoms with Crippen molar-refractivity contribution in [3.63, 3.8) is 0 Å². The normalized spacial score (nSPS) is 23.4. The molecule has 0 aromatic carbocycles. The fourth-order valence-corrected chi connectivity index (χ4v) is 6.72. The van der Waals surface area contributed by atoms with Gasteiger partial charge in [-0.3, -0.25) is 9.58 Å². The number of carbonyl (C=O) groups is 1. The summed E-state index contributed by atoms with van der Waals surface area (Å²) >= 11 is 0.592. The molecule has 0 saturated carbocycles. The van der Waals surface area contributed by atoms with Crippen LogP contribution in [0.5, 0.6) is 0 Å². The van der Waals surface area contributed by atoms with E-state index >= 15 is 0 Å². The van der Waals surface area contributed by atoms with Crippen molar-refractivity contribution < 1.29 is 35.9 Å². The fourth-order valence-electron chi connectivity index (χ4n) is 4.82. The van der Waals surface area contributed by atoms with Crippen molar-refractivity contribution in [1.82, 2.24) is 19.9 Å². The Morgan fingerprint density at radius 2 is 2.14 bits per heavy atom. The minimum absolute atomic E-state index is 0.0353. The van der Waals surface area contributed by atoms with E-state index in [2.05, 4.69) is 19.9 Å². The van der Waals surface area contributed by atoms with Gasteiger partial charge in [0.2, 0.25) is 0 Å². The number of carbonyl (C=O) groups excluding carboxylic acids is 1. The molecule has 35 heavy (non-hydrogen) atoms. The molecule has 0 bridgehead atoms. The van der Waals surface area contributed by atoms with Crippen molar-refractivity contribution in [2.75, 3.05) is 32.3 Å². The number of nitrogens with zero attached hydrogens (tertiary/aromatic N) is 4. The van der Waals surface area contributed by atoms with Crippen molar-refractivity contribution in [1.29, 1.82) is 0 Å². The number of halogens is 3. The Morgan fingerprint density at radius 1 is 1.40 bits per heavy atom. The first-order valence-electron chi connectivity index (χ1n) is 11.1. The monoisotopic (exact) mass is 536 g/mol. The number of hydrogen-bond acceptors (Lipinski definition) is 9. The average Bonchev–Trinajstić information content (AvgIpc) is 3.39. The summed E-state index contributed by atoms with van der Waals surface area (Å²) in [6.45, 7) is 3.43. The molecule has 194 valence electrons. The number of sulfone groups is 1. The first-order valence-corrected chi connectivity index (χ1v) is 14.0. The highest BCUT2D eigenvalue weighted by molar-refractivity contribution is 7.90. The highest BCUT2D eigenvalue weighted by Crippen LogP contribution is 2.51. The number of ether oxygens (including phenoxy) is 2. The summed E-state index contributed by atoms with van der Waals surface area (Å²) in [7, 11) is -2.04. The average molecular weight is 537 g/mol. The molecule has 1 saturated heterocycles. The molecule has 0 unspecified atom stereocenters. The van der Waals surface area contributed by atoms with E-state index in [1.807, 2.05) is 6.92 Å². The number of piperidine rings is 1. The molecule has 4 heterocycles. The van der Waals surface area contributed by atoms with Crippen LogP contribution in [-0.2, 0) is 50.6 Å². The van der Waals surface area contributed by atoms with Gasteiger partial charge in [0, 0.05) is 36.5 Å². The number of esters is 1. The number of methoxy groups -OCH3 is 1. The summed E-state index contributed by atoms with van der Waals surface area (Å²) in [6, 6.07) is -0.0473. The highest BCUT2D eigenvalue weighted by atomic mass is 32.2. The third-order valence-electron chi connectivity index (χ3n) is 6.49. The lowest BCUT2D eigenvalue weighted by atomic mass is 9.81. The van der Waals surface area contributed by atoms with E-state index < -0.39 is 32.5 Å². The standard InChI is InChI=1S/C21H27F3N4O5S2/c1-13-10-20(5-6-27(13)11-14-12-28(26-25-14)7-9-35(3,30)31)17-15(4-8-33-20)16(19(29)32-2)18(34-17)21(22,23)24/h12-13H,4-11H2,1-3H3/t13-,20+/m0/s1. The molecule has 4 rings (SSSR count).